The lowest BCUT2D eigenvalue weighted by Crippen LogP contribution is -2.36. The molecule has 1 fully saturated rings. The Morgan fingerprint density at radius 1 is 1.28 bits per heavy atom. The van der Waals surface area contributed by atoms with Crippen molar-refractivity contribution in [2.24, 2.45) is 5.92 Å². The quantitative estimate of drug-likeness (QED) is 0.663. The molecule has 0 aromatic carbocycles. The van der Waals surface area contributed by atoms with Crippen molar-refractivity contribution in [3.63, 3.8) is 0 Å². The molecule has 4 heterocycles. The van der Waals surface area contributed by atoms with Crippen LogP contribution in [-0.2, 0) is 30.5 Å². The SMILES string of the molecule is C[C@H]1CCc2c(sc3nc(CN4CCOCC4)nc(NCCc4ccco4)c23)C1. The Kier molecular flexibility index (Phi) is 5.52. The molecule has 0 amide bonds. The number of aryl methyl sites for hydroxylation is 1. The summed E-state index contributed by atoms with van der Waals surface area (Å²) < 4.78 is 11.0. The molecule has 0 unspecified atom stereocenters. The molecule has 0 saturated carbocycles. The van der Waals surface area contributed by atoms with Crippen LogP contribution in [0.1, 0.15) is 35.4 Å². The van der Waals surface area contributed by atoms with Crippen LogP contribution in [0.4, 0.5) is 5.82 Å². The first-order valence-electron chi connectivity index (χ1n) is 10.6. The number of hydrogen-bond acceptors (Lipinski definition) is 7. The van der Waals surface area contributed by atoms with E-state index >= 15 is 0 Å². The number of aromatic nitrogens is 2. The van der Waals surface area contributed by atoms with Crippen LogP contribution >= 0.6 is 11.3 Å². The summed E-state index contributed by atoms with van der Waals surface area (Å²) in [6.07, 6.45) is 6.13. The Labute approximate surface area is 175 Å². The minimum atomic E-state index is 0.756. The molecule has 1 aliphatic carbocycles. The monoisotopic (exact) mass is 412 g/mol. The lowest BCUT2D eigenvalue weighted by molar-refractivity contribution is 0.0331. The van der Waals surface area contributed by atoms with Gasteiger partial charge in [-0.25, -0.2) is 9.97 Å². The zero-order chi connectivity index (χ0) is 19.6. The van der Waals surface area contributed by atoms with E-state index in [1.54, 1.807) is 6.26 Å². The van der Waals surface area contributed by atoms with E-state index in [-0.39, 0.29) is 0 Å². The predicted octanol–water partition coefficient (Wildman–Crippen LogP) is 3.90. The van der Waals surface area contributed by atoms with Gasteiger partial charge in [0.1, 0.15) is 22.2 Å². The molecule has 0 radical (unpaired) electrons. The smallest absolute Gasteiger partial charge is 0.146 e. The summed E-state index contributed by atoms with van der Waals surface area (Å²) >= 11 is 1.87. The van der Waals surface area contributed by atoms with Gasteiger partial charge in [0.15, 0.2) is 0 Å². The van der Waals surface area contributed by atoms with Crippen molar-refractivity contribution >= 4 is 27.4 Å². The van der Waals surface area contributed by atoms with E-state index in [0.717, 1.165) is 80.4 Å². The van der Waals surface area contributed by atoms with Crippen LogP contribution in [0.2, 0.25) is 0 Å². The number of rotatable bonds is 6. The van der Waals surface area contributed by atoms with Gasteiger partial charge in [-0.15, -0.1) is 11.3 Å². The van der Waals surface area contributed by atoms with Crippen LogP contribution in [0.5, 0.6) is 0 Å². The number of thiophene rings is 1. The second kappa shape index (κ2) is 8.42. The fraction of sp³-hybridized carbons (Fsp3) is 0.545. The van der Waals surface area contributed by atoms with Gasteiger partial charge in [0.25, 0.3) is 0 Å². The number of anilines is 1. The number of nitrogens with zero attached hydrogens (tertiary/aromatic N) is 3. The van der Waals surface area contributed by atoms with Crippen molar-refractivity contribution in [2.45, 2.75) is 39.2 Å². The molecule has 1 saturated heterocycles. The van der Waals surface area contributed by atoms with Gasteiger partial charge < -0.3 is 14.5 Å². The van der Waals surface area contributed by atoms with Crippen molar-refractivity contribution in [3.05, 3.63) is 40.4 Å². The van der Waals surface area contributed by atoms with Crippen molar-refractivity contribution in [1.82, 2.24) is 14.9 Å². The summed E-state index contributed by atoms with van der Waals surface area (Å²) in [5.41, 5.74) is 1.47. The lowest BCUT2D eigenvalue weighted by atomic mass is 9.89. The van der Waals surface area contributed by atoms with Gasteiger partial charge >= 0.3 is 0 Å². The largest absolute Gasteiger partial charge is 0.469 e. The van der Waals surface area contributed by atoms with Gasteiger partial charge in [-0.3, -0.25) is 4.90 Å². The zero-order valence-electron chi connectivity index (χ0n) is 16.9. The van der Waals surface area contributed by atoms with Gasteiger partial charge in [-0.1, -0.05) is 6.92 Å². The minimum Gasteiger partial charge on any atom is -0.469 e. The van der Waals surface area contributed by atoms with Gasteiger partial charge in [0.2, 0.25) is 0 Å². The highest BCUT2D eigenvalue weighted by Crippen LogP contribution is 2.40. The number of morpholine rings is 1. The Morgan fingerprint density at radius 2 is 2.17 bits per heavy atom. The second-order valence-corrected chi connectivity index (χ2v) is 9.25. The Morgan fingerprint density at radius 3 is 3.00 bits per heavy atom. The van der Waals surface area contributed by atoms with Crippen molar-refractivity contribution in [3.8, 4) is 0 Å². The fourth-order valence-corrected chi connectivity index (χ4v) is 5.70. The number of fused-ring (bicyclic) bond motifs is 3. The van der Waals surface area contributed by atoms with Crippen LogP contribution in [0.3, 0.4) is 0 Å². The molecule has 6 nitrogen and oxygen atoms in total. The van der Waals surface area contributed by atoms with Gasteiger partial charge in [0, 0.05) is 30.9 Å². The van der Waals surface area contributed by atoms with Crippen LogP contribution in [-0.4, -0.2) is 47.7 Å². The number of hydrogen-bond donors (Lipinski definition) is 1. The van der Waals surface area contributed by atoms with E-state index in [4.69, 9.17) is 19.1 Å². The summed E-state index contributed by atoms with van der Waals surface area (Å²) in [5.74, 6) is 3.66. The van der Waals surface area contributed by atoms with Gasteiger partial charge in [-0.2, -0.15) is 0 Å². The molecule has 1 N–H and O–H groups in total. The number of nitrogens with one attached hydrogen (secondary N) is 1. The van der Waals surface area contributed by atoms with Gasteiger partial charge in [-0.05, 0) is 42.9 Å². The standard InChI is InChI=1S/C22H28N4O2S/c1-15-4-5-17-18(13-15)29-22-20(17)21(23-7-6-16-3-2-10-28-16)24-19(25-22)14-26-8-11-27-12-9-26/h2-3,10,15H,4-9,11-14H2,1H3,(H,23,24,25)/t15-/m0/s1. The molecular formula is C22H28N4O2S. The minimum absolute atomic E-state index is 0.756. The second-order valence-electron chi connectivity index (χ2n) is 8.17. The number of furan rings is 1. The molecule has 3 aromatic heterocycles. The maximum Gasteiger partial charge on any atom is 0.146 e. The lowest BCUT2D eigenvalue weighted by Gasteiger charge is -2.26. The summed E-state index contributed by atoms with van der Waals surface area (Å²) in [4.78, 5) is 15.0. The Hall–Kier alpha value is -1.96. The molecule has 2 aliphatic rings. The molecule has 5 rings (SSSR count). The van der Waals surface area contributed by atoms with Crippen molar-refractivity contribution in [1.29, 1.82) is 0 Å². The molecular weight excluding hydrogens is 384 g/mol. The zero-order valence-corrected chi connectivity index (χ0v) is 17.8. The maximum atomic E-state index is 5.48. The van der Waals surface area contributed by atoms with E-state index in [9.17, 15) is 0 Å². The van der Waals surface area contributed by atoms with E-state index in [0.29, 0.717) is 0 Å². The summed E-state index contributed by atoms with van der Waals surface area (Å²) in [6.45, 7) is 7.42. The molecule has 0 spiro atoms. The van der Waals surface area contributed by atoms with Crippen molar-refractivity contribution < 1.29 is 9.15 Å². The number of ether oxygens (including phenoxy) is 1. The summed E-state index contributed by atoms with van der Waals surface area (Å²) in [7, 11) is 0. The predicted molar refractivity (Wildman–Crippen MR) is 116 cm³/mol. The highest BCUT2D eigenvalue weighted by atomic mass is 32.1. The third kappa shape index (κ3) is 4.17. The first-order valence-corrected chi connectivity index (χ1v) is 11.5. The first kappa shape index (κ1) is 19.0. The average Bonchev–Trinajstić information content (AvgIpc) is 3.35. The van der Waals surface area contributed by atoms with Crippen LogP contribution in [0.15, 0.2) is 22.8 Å². The topological polar surface area (TPSA) is 63.4 Å². The summed E-state index contributed by atoms with van der Waals surface area (Å²) in [6, 6.07) is 3.96. The van der Waals surface area contributed by atoms with E-state index in [1.165, 1.54) is 28.7 Å². The highest BCUT2D eigenvalue weighted by Gasteiger charge is 2.24. The van der Waals surface area contributed by atoms with E-state index < -0.39 is 0 Å². The Bertz CT molecular complexity index is 963. The normalized spacial score (nSPS) is 20.1. The average molecular weight is 413 g/mol. The third-order valence-corrected chi connectivity index (χ3v) is 7.06. The van der Waals surface area contributed by atoms with Gasteiger partial charge in [0.05, 0.1) is 31.4 Å². The fourth-order valence-electron chi connectivity index (χ4n) is 4.30. The molecule has 154 valence electrons. The maximum absolute atomic E-state index is 5.48. The molecule has 7 heteroatoms. The molecule has 1 aliphatic heterocycles. The Balaban J connectivity index is 1.44. The third-order valence-electron chi connectivity index (χ3n) is 5.91. The van der Waals surface area contributed by atoms with Crippen LogP contribution in [0, 0.1) is 5.92 Å². The summed E-state index contributed by atoms with van der Waals surface area (Å²) in [5, 5.41) is 4.86. The van der Waals surface area contributed by atoms with Crippen LogP contribution in [0.25, 0.3) is 10.2 Å². The van der Waals surface area contributed by atoms with E-state index in [2.05, 4.69) is 17.1 Å². The first-order chi connectivity index (χ1) is 14.3. The van der Waals surface area contributed by atoms with E-state index in [1.807, 2.05) is 23.5 Å². The molecule has 1 atom stereocenters. The van der Waals surface area contributed by atoms with Crippen LogP contribution < -0.4 is 5.32 Å². The molecule has 29 heavy (non-hydrogen) atoms. The van der Waals surface area contributed by atoms with Crippen molar-refractivity contribution in [2.75, 3.05) is 38.2 Å². The molecule has 0 bridgehead atoms. The molecule has 3 aromatic rings. The highest BCUT2D eigenvalue weighted by molar-refractivity contribution is 7.19.